The number of amides is 2. The molecule has 1 saturated heterocycles. The summed E-state index contributed by atoms with van der Waals surface area (Å²) in [7, 11) is 0. The molecule has 2 aliphatic rings. The summed E-state index contributed by atoms with van der Waals surface area (Å²) in [4.78, 5) is 25.8. The van der Waals surface area contributed by atoms with Crippen molar-refractivity contribution >= 4 is 28.7 Å². The van der Waals surface area contributed by atoms with Gasteiger partial charge in [-0.2, -0.15) is 5.10 Å². The summed E-state index contributed by atoms with van der Waals surface area (Å²) < 4.78 is 1.72. The highest BCUT2D eigenvalue weighted by Gasteiger charge is 2.35. The number of nitrogens with zero attached hydrogens (tertiary/aromatic N) is 3. The highest BCUT2D eigenvalue weighted by Crippen LogP contribution is 2.40. The molecule has 1 aliphatic carbocycles. The Labute approximate surface area is 152 Å². The fraction of sp³-hybridized carbons (Fsp3) is 0.526. The zero-order chi connectivity index (χ0) is 18.5. The lowest BCUT2D eigenvalue weighted by molar-refractivity contribution is -0.117. The number of carbonyl (C=O) groups excluding carboxylic acids is 2. The van der Waals surface area contributed by atoms with Crippen LogP contribution in [-0.2, 0) is 4.79 Å². The van der Waals surface area contributed by atoms with Gasteiger partial charge in [0.05, 0.1) is 34.8 Å². The Balaban J connectivity index is 1.80. The van der Waals surface area contributed by atoms with E-state index in [9.17, 15) is 9.59 Å². The van der Waals surface area contributed by atoms with Gasteiger partial charge in [0.25, 0.3) is 5.91 Å². The summed E-state index contributed by atoms with van der Waals surface area (Å²) in [6.45, 7) is 5.20. The van der Waals surface area contributed by atoms with Crippen molar-refractivity contribution < 1.29 is 9.59 Å². The molecule has 0 spiro atoms. The summed E-state index contributed by atoms with van der Waals surface area (Å²) in [6, 6.07) is 2.19. The van der Waals surface area contributed by atoms with E-state index < -0.39 is 5.91 Å². The number of carbonyl (C=O) groups is 2. The van der Waals surface area contributed by atoms with Crippen LogP contribution in [0.4, 0.5) is 11.4 Å². The molecular weight excluding hydrogens is 330 g/mol. The molecule has 2 aromatic rings. The fourth-order valence-electron chi connectivity index (χ4n) is 4.22. The van der Waals surface area contributed by atoms with Crippen LogP contribution >= 0.6 is 0 Å². The van der Waals surface area contributed by atoms with E-state index in [1.54, 1.807) is 9.42 Å². The van der Waals surface area contributed by atoms with Crippen molar-refractivity contribution in [3.05, 3.63) is 24.0 Å². The van der Waals surface area contributed by atoms with Crippen LogP contribution in [0.5, 0.6) is 0 Å². The van der Waals surface area contributed by atoms with E-state index in [-0.39, 0.29) is 17.4 Å². The maximum absolute atomic E-state index is 12.1. The fourth-order valence-corrected chi connectivity index (χ4v) is 4.22. The zero-order valence-electron chi connectivity index (χ0n) is 15.3. The highest BCUT2D eigenvalue weighted by atomic mass is 16.2. The van der Waals surface area contributed by atoms with Gasteiger partial charge in [0.2, 0.25) is 5.91 Å². The Morgan fingerprint density at radius 3 is 2.81 bits per heavy atom. The molecule has 2 fully saturated rings. The minimum atomic E-state index is -0.502. The first-order valence-electron chi connectivity index (χ1n) is 9.25. The van der Waals surface area contributed by atoms with Crippen LogP contribution in [0.3, 0.4) is 0 Å². The van der Waals surface area contributed by atoms with Gasteiger partial charge in [-0.1, -0.05) is 20.3 Å². The van der Waals surface area contributed by atoms with Crippen molar-refractivity contribution in [1.29, 1.82) is 0 Å². The molecule has 138 valence electrons. The molecule has 0 radical (unpaired) electrons. The number of rotatable bonds is 4. The molecule has 7 heteroatoms. The number of nitrogens with two attached hydrogens (primary N) is 1. The summed E-state index contributed by atoms with van der Waals surface area (Å²) in [5.74, 6) is -0.374. The zero-order valence-corrected chi connectivity index (χ0v) is 15.3. The van der Waals surface area contributed by atoms with Gasteiger partial charge in [-0.3, -0.25) is 9.59 Å². The summed E-state index contributed by atoms with van der Waals surface area (Å²) in [5.41, 5.74) is 8.45. The van der Waals surface area contributed by atoms with Crippen molar-refractivity contribution in [3.63, 3.8) is 0 Å². The summed E-state index contributed by atoms with van der Waals surface area (Å²) in [6.07, 6.45) is 8.15. The van der Waals surface area contributed by atoms with Crippen LogP contribution in [0.25, 0.3) is 5.52 Å². The van der Waals surface area contributed by atoms with E-state index in [0.717, 1.165) is 43.4 Å². The molecule has 3 heterocycles. The number of hydrogen-bond acceptors (Lipinski definition) is 4. The van der Waals surface area contributed by atoms with E-state index in [1.165, 1.54) is 6.20 Å². The number of hydrogen-bond donors (Lipinski definition) is 2. The Hall–Kier alpha value is -2.57. The third kappa shape index (κ3) is 2.71. The molecule has 2 aromatic heterocycles. The number of nitrogens with one attached hydrogen (secondary N) is 1. The molecule has 7 nitrogen and oxygen atoms in total. The molecule has 0 unspecified atom stereocenters. The third-order valence-corrected chi connectivity index (χ3v) is 5.85. The first kappa shape index (κ1) is 16.9. The van der Waals surface area contributed by atoms with Crippen LogP contribution in [0.1, 0.15) is 56.3 Å². The maximum Gasteiger partial charge on any atom is 0.252 e. The molecule has 0 bridgehead atoms. The number of anilines is 2. The monoisotopic (exact) mass is 355 g/mol. The normalized spacial score (nSPS) is 22.3. The smallest absolute Gasteiger partial charge is 0.252 e. The Morgan fingerprint density at radius 2 is 2.19 bits per heavy atom. The Morgan fingerprint density at radius 1 is 1.38 bits per heavy atom. The molecule has 4 rings (SSSR count). The molecule has 1 saturated carbocycles. The molecular formula is C19H25N5O2. The van der Waals surface area contributed by atoms with Crippen LogP contribution in [0, 0.1) is 5.41 Å². The average molecular weight is 355 g/mol. The minimum Gasteiger partial charge on any atom is -0.379 e. The first-order valence-corrected chi connectivity index (χ1v) is 9.25. The van der Waals surface area contributed by atoms with Crippen molar-refractivity contribution in [1.82, 2.24) is 9.61 Å². The number of primary amides is 1. The SMILES string of the molecule is CC1(C)CCC[C@H]1Nc1c(C(N)=O)cnn2cc(N3CCCC3=O)cc12. The molecule has 26 heavy (non-hydrogen) atoms. The second kappa shape index (κ2) is 6.00. The van der Waals surface area contributed by atoms with Gasteiger partial charge in [-0.05, 0) is 30.7 Å². The maximum atomic E-state index is 12.1. The summed E-state index contributed by atoms with van der Waals surface area (Å²) >= 11 is 0. The van der Waals surface area contributed by atoms with Crippen molar-refractivity contribution in [2.75, 3.05) is 16.8 Å². The van der Waals surface area contributed by atoms with Gasteiger partial charge < -0.3 is 16.0 Å². The largest absolute Gasteiger partial charge is 0.379 e. The lowest BCUT2D eigenvalue weighted by atomic mass is 9.87. The van der Waals surface area contributed by atoms with Crippen molar-refractivity contribution in [2.24, 2.45) is 11.1 Å². The topological polar surface area (TPSA) is 92.7 Å². The van der Waals surface area contributed by atoms with E-state index in [1.807, 2.05) is 12.3 Å². The molecule has 3 N–H and O–H groups in total. The van der Waals surface area contributed by atoms with Gasteiger partial charge in [0.15, 0.2) is 0 Å². The minimum absolute atomic E-state index is 0.127. The Kier molecular flexibility index (Phi) is 3.89. The number of aromatic nitrogens is 2. The van der Waals surface area contributed by atoms with E-state index in [0.29, 0.717) is 17.7 Å². The predicted octanol–water partition coefficient (Wildman–Crippen LogP) is 2.55. The van der Waals surface area contributed by atoms with E-state index in [2.05, 4.69) is 24.3 Å². The average Bonchev–Trinajstić information content (AvgIpc) is 3.26. The quantitative estimate of drug-likeness (QED) is 0.881. The lowest BCUT2D eigenvalue weighted by Gasteiger charge is -2.29. The van der Waals surface area contributed by atoms with Crippen LogP contribution in [0.15, 0.2) is 18.5 Å². The third-order valence-electron chi connectivity index (χ3n) is 5.85. The van der Waals surface area contributed by atoms with Crippen LogP contribution in [0.2, 0.25) is 0 Å². The van der Waals surface area contributed by atoms with Crippen LogP contribution in [-0.4, -0.2) is 34.0 Å². The predicted molar refractivity (Wildman–Crippen MR) is 100 cm³/mol. The van der Waals surface area contributed by atoms with Gasteiger partial charge in [0.1, 0.15) is 0 Å². The highest BCUT2D eigenvalue weighted by molar-refractivity contribution is 6.03. The van der Waals surface area contributed by atoms with E-state index in [4.69, 9.17) is 5.73 Å². The summed E-state index contributed by atoms with van der Waals surface area (Å²) in [5, 5.41) is 7.90. The molecule has 0 aromatic carbocycles. The van der Waals surface area contributed by atoms with E-state index >= 15 is 0 Å². The lowest BCUT2D eigenvalue weighted by Crippen LogP contribution is -2.32. The van der Waals surface area contributed by atoms with Crippen molar-refractivity contribution in [3.8, 4) is 0 Å². The van der Waals surface area contributed by atoms with Gasteiger partial charge in [-0.15, -0.1) is 0 Å². The molecule has 2 amide bonds. The van der Waals surface area contributed by atoms with Crippen molar-refractivity contribution in [2.45, 2.75) is 52.0 Å². The molecule has 1 atom stereocenters. The molecule has 1 aliphatic heterocycles. The standard InChI is InChI=1S/C19H25N5O2/c1-19(2)7-3-5-15(19)22-17-13(18(20)26)10-21-24-11-12(9-14(17)24)23-8-4-6-16(23)25/h9-11,15,22H,3-8H2,1-2H3,(H2,20,26)/t15-/m1/s1. The first-order chi connectivity index (χ1) is 12.4. The number of fused-ring (bicyclic) bond motifs is 1. The van der Waals surface area contributed by atoms with Gasteiger partial charge >= 0.3 is 0 Å². The van der Waals surface area contributed by atoms with Crippen LogP contribution < -0.4 is 16.0 Å². The Bertz CT molecular complexity index is 885. The van der Waals surface area contributed by atoms with Gasteiger partial charge in [-0.25, -0.2) is 4.52 Å². The second-order valence-corrected chi connectivity index (χ2v) is 8.05. The second-order valence-electron chi connectivity index (χ2n) is 8.05. The van der Waals surface area contributed by atoms with Gasteiger partial charge in [0, 0.05) is 19.0 Å².